The monoisotopic (exact) mass is 231 g/mol. The van der Waals surface area contributed by atoms with Gasteiger partial charge < -0.3 is 10.1 Å². The van der Waals surface area contributed by atoms with Crippen molar-refractivity contribution in [3.8, 4) is 0 Å². The molecule has 0 radical (unpaired) electrons. The van der Waals surface area contributed by atoms with Crippen molar-refractivity contribution in [3.05, 3.63) is 36.8 Å². The molecule has 0 amide bonds. The van der Waals surface area contributed by atoms with E-state index in [1.54, 1.807) is 12.4 Å². The van der Waals surface area contributed by atoms with E-state index < -0.39 is 5.97 Å². The molecule has 0 aliphatic carbocycles. The van der Waals surface area contributed by atoms with Gasteiger partial charge in [-0.25, -0.2) is 24.7 Å². The van der Waals surface area contributed by atoms with E-state index in [-0.39, 0.29) is 5.69 Å². The third-order valence-electron chi connectivity index (χ3n) is 1.88. The number of esters is 1. The molecule has 1 N–H and O–H groups in total. The van der Waals surface area contributed by atoms with Gasteiger partial charge in [-0.05, 0) is 0 Å². The average Bonchev–Trinajstić information content (AvgIpc) is 2.40. The van der Waals surface area contributed by atoms with Gasteiger partial charge in [0.2, 0.25) is 0 Å². The third kappa shape index (κ3) is 2.71. The Bertz CT molecular complexity index is 500. The fraction of sp³-hybridized carbons (Fsp3) is 0.100. The smallest absolute Gasteiger partial charge is 0.358 e. The number of nitrogens with one attached hydrogen (secondary N) is 1. The molecule has 0 aliphatic heterocycles. The van der Waals surface area contributed by atoms with Gasteiger partial charge in [0.05, 0.1) is 37.6 Å². The molecular weight excluding hydrogens is 222 g/mol. The molecule has 0 aromatic carbocycles. The second kappa shape index (κ2) is 4.97. The largest absolute Gasteiger partial charge is 0.464 e. The van der Waals surface area contributed by atoms with Gasteiger partial charge in [0.25, 0.3) is 0 Å². The highest BCUT2D eigenvalue weighted by Crippen LogP contribution is 2.10. The third-order valence-corrected chi connectivity index (χ3v) is 1.88. The van der Waals surface area contributed by atoms with E-state index in [0.717, 1.165) is 0 Å². The van der Waals surface area contributed by atoms with Crippen molar-refractivity contribution < 1.29 is 9.53 Å². The molecule has 2 aromatic heterocycles. The Hall–Kier alpha value is -2.57. The fourth-order valence-electron chi connectivity index (χ4n) is 1.11. The van der Waals surface area contributed by atoms with Crippen LogP contribution in [0.2, 0.25) is 0 Å². The lowest BCUT2D eigenvalue weighted by atomic mass is 10.4. The first kappa shape index (κ1) is 10.9. The van der Waals surface area contributed by atoms with Crippen LogP contribution in [-0.2, 0) is 4.74 Å². The van der Waals surface area contributed by atoms with Gasteiger partial charge in [-0.15, -0.1) is 0 Å². The number of methoxy groups -OCH3 is 1. The molecule has 0 bridgehead atoms. The van der Waals surface area contributed by atoms with Crippen LogP contribution in [0.3, 0.4) is 0 Å². The Morgan fingerprint density at radius 1 is 1.18 bits per heavy atom. The van der Waals surface area contributed by atoms with Crippen molar-refractivity contribution in [2.45, 2.75) is 0 Å². The van der Waals surface area contributed by atoms with Crippen molar-refractivity contribution in [1.29, 1.82) is 0 Å². The summed E-state index contributed by atoms with van der Waals surface area (Å²) in [5, 5.41) is 2.94. The molecule has 2 rings (SSSR count). The molecule has 17 heavy (non-hydrogen) atoms. The Labute approximate surface area is 96.9 Å². The lowest BCUT2D eigenvalue weighted by Crippen LogP contribution is -2.05. The molecule has 2 aromatic rings. The molecular formula is C10H9N5O2. The molecule has 7 heteroatoms. The average molecular weight is 231 g/mol. The second-order valence-corrected chi connectivity index (χ2v) is 3.03. The van der Waals surface area contributed by atoms with Crippen molar-refractivity contribution in [3.63, 3.8) is 0 Å². The normalized spacial score (nSPS) is 9.71. The van der Waals surface area contributed by atoms with Crippen LogP contribution in [0, 0.1) is 0 Å². The number of nitrogens with zero attached hydrogens (tertiary/aromatic N) is 4. The summed E-state index contributed by atoms with van der Waals surface area (Å²) in [6.45, 7) is 0. The van der Waals surface area contributed by atoms with Gasteiger partial charge in [0, 0.05) is 0 Å². The summed E-state index contributed by atoms with van der Waals surface area (Å²) < 4.78 is 4.51. The van der Waals surface area contributed by atoms with Crippen LogP contribution in [0.1, 0.15) is 10.5 Å². The van der Waals surface area contributed by atoms with Gasteiger partial charge >= 0.3 is 5.97 Å². The quantitative estimate of drug-likeness (QED) is 0.781. The highest BCUT2D eigenvalue weighted by molar-refractivity contribution is 5.86. The maximum absolute atomic E-state index is 11.1. The van der Waals surface area contributed by atoms with Gasteiger partial charge in [-0.3, -0.25) is 0 Å². The van der Waals surface area contributed by atoms with Gasteiger partial charge in [-0.1, -0.05) is 0 Å². The zero-order chi connectivity index (χ0) is 12.1. The number of anilines is 2. The zero-order valence-corrected chi connectivity index (χ0v) is 8.99. The Morgan fingerprint density at radius 3 is 2.53 bits per heavy atom. The van der Waals surface area contributed by atoms with Crippen molar-refractivity contribution in [1.82, 2.24) is 19.9 Å². The highest BCUT2D eigenvalue weighted by atomic mass is 16.5. The topological polar surface area (TPSA) is 89.9 Å². The summed E-state index contributed by atoms with van der Waals surface area (Å²) in [4.78, 5) is 26.7. The number of hydrogen-bond donors (Lipinski definition) is 1. The zero-order valence-electron chi connectivity index (χ0n) is 8.99. The maximum Gasteiger partial charge on any atom is 0.358 e. The van der Waals surface area contributed by atoms with Crippen molar-refractivity contribution >= 4 is 17.5 Å². The van der Waals surface area contributed by atoms with Crippen LogP contribution in [-0.4, -0.2) is 33.0 Å². The molecule has 0 saturated carbocycles. The molecule has 0 atom stereocenters. The van der Waals surface area contributed by atoms with E-state index in [0.29, 0.717) is 11.5 Å². The lowest BCUT2D eigenvalue weighted by molar-refractivity contribution is 0.0593. The van der Waals surface area contributed by atoms with Gasteiger partial charge in [-0.2, -0.15) is 0 Å². The first-order valence-corrected chi connectivity index (χ1v) is 4.72. The predicted octanol–water partition coefficient (Wildman–Crippen LogP) is 0.797. The minimum absolute atomic E-state index is 0.155. The van der Waals surface area contributed by atoms with Gasteiger partial charge in [0.15, 0.2) is 5.69 Å². The number of carbonyl (C=O) groups is 1. The summed E-state index contributed by atoms with van der Waals surface area (Å²) >= 11 is 0. The molecule has 7 nitrogen and oxygen atoms in total. The second-order valence-electron chi connectivity index (χ2n) is 3.03. The molecule has 0 fully saturated rings. The van der Waals surface area contributed by atoms with E-state index in [9.17, 15) is 4.79 Å². The lowest BCUT2D eigenvalue weighted by Gasteiger charge is -2.03. The summed E-state index contributed by atoms with van der Waals surface area (Å²) in [6.07, 6.45) is 7.39. The van der Waals surface area contributed by atoms with E-state index >= 15 is 0 Å². The van der Waals surface area contributed by atoms with E-state index in [1.165, 1.54) is 25.8 Å². The molecule has 2 heterocycles. The molecule has 0 spiro atoms. The van der Waals surface area contributed by atoms with E-state index in [1.807, 2.05) is 0 Å². The van der Waals surface area contributed by atoms with E-state index in [2.05, 4.69) is 30.0 Å². The number of carbonyl (C=O) groups excluding carboxylic acids is 1. The Balaban J connectivity index is 2.11. The summed E-state index contributed by atoms with van der Waals surface area (Å²) in [6, 6.07) is 0. The predicted molar refractivity (Wildman–Crippen MR) is 58.7 cm³/mol. The summed E-state index contributed by atoms with van der Waals surface area (Å²) in [5.41, 5.74) is 0.843. The number of hydrogen-bond acceptors (Lipinski definition) is 7. The summed E-state index contributed by atoms with van der Waals surface area (Å²) in [7, 11) is 1.29. The van der Waals surface area contributed by atoms with Gasteiger partial charge in [0.1, 0.15) is 12.1 Å². The molecule has 0 unspecified atom stereocenters. The first-order valence-electron chi connectivity index (χ1n) is 4.72. The van der Waals surface area contributed by atoms with Crippen molar-refractivity contribution in [2.75, 3.05) is 12.4 Å². The molecule has 86 valence electrons. The standard InChI is InChI=1S/C10H9N5O2/c1-17-10(16)8-4-14-9(5-13-8)15-7-2-11-6-12-3-7/h2-6H,1H3,(H,14,15). The number of aromatic nitrogens is 4. The highest BCUT2D eigenvalue weighted by Gasteiger charge is 2.07. The van der Waals surface area contributed by atoms with Crippen molar-refractivity contribution in [2.24, 2.45) is 0 Å². The number of ether oxygens (including phenoxy) is 1. The molecule has 0 aliphatic rings. The minimum atomic E-state index is -0.521. The maximum atomic E-state index is 11.1. The first-order chi connectivity index (χ1) is 8.29. The van der Waals surface area contributed by atoms with Crippen LogP contribution >= 0.6 is 0 Å². The van der Waals surface area contributed by atoms with Crippen LogP contribution < -0.4 is 5.32 Å². The van der Waals surface area contributed by atoms with Crippen LogP contribution in [0.5, 0.6) is 0 Å². The number of rotatable bonds is 3. The van der Waals surface area contributed by atoms with Crippen LogP contribution in [0.4, 0.5) is 11.5 Å². The Kier molecular flexibility index (Phi) is 3.20. The Morgan fingerprint density at radius 2 is 1.94 bits per heavy atom. The summed E-state index contributed by atoms with van der Waals surface area (Å²) in [5.74, 6) is -0.0282. The van der Waals surface area contributed by atoms with Crippen LogP contribution in [0.25, 0.3) is 0 Å². The molecule has 0 saturated heterocycles. The van der Waals surface area contributed by atoms with Crippen LogP contribution in [0.15, 0.2) is 31.1 Å². The fourth-order valence-corrected chi connectivity index (χ4v) is 1.11. The van der Waals surface area contributed by atoms with E-state index in [4.69, 9.17) is 0 Å². The minimum Gasteiger partial charge on any atom is -0.464 e. The SMILES string of the molecule is COC(=O)c1cnc(Nc2cncnc2)cn1.